The number of rotatable bonds is 9. The lowest BCUT2D eigenvalue weighted by Gasteiger charge is -2.05. The van der Waals surface area contributed by atoms with Gasteiger partial charge in [-0.25, -0.2) is 4.98 Å². The van der Waals surface area contributed by atoms with Crippen molar-refractivity contribution >= 4 is 28.6 Å². The highest BCUT2D eigenvalue weighted by Crippen LogP contribution is 2.12. The van der Waals surface area contributed by atoms with Gasteiger partial charge in [-0.15, -0.1) is 0 Å². The summed E-state index contributed by atoms with van der Waals surface area (Å²) in [4.78, 5) is 4.15. The molecule has 0 aromatic carbocycles. The zero-order valence-electron chi connectivity index (χ0n) is 9.86. The summed E-state index contributed by atoms with van der Waals surface area (Å²) in [5.41, 5.74) is 0. The van der Waals surface area contributed by atoms with Gasteiger partial charge in [-0.1, -0.05) is 0 Å². The number of aromatic nitrogens is 1. The number of hydrogen-bond donors (Lipinski definition) is 2. The van der Waals surface area contributed by atoms with Crippen LogP contribution in [0.5, 0.6) is 5.88 Å². The fraction of sp³-hybridized carbons (Fsp3) is 0.583. The Bertz CT molecular complexity index is 295. The molecule has 1 N–H and O–H groups in total. The minimum atomic E-state index is 0.696. The molecule has 3 nitrogen and oxygen atoms in total. The number of unbranched alkanes of at least 4 members (excludes halogenated alkanes) is 2. The minimum absolute atomic E-state index is 0.696. The van der Waals surface area contributed by atoms with Gasteiger partial charge in [0.15, 0.2) is 0 Å². The largest absolute Gasteiger partial charge is 0.478 e. The topological polar surface area (TPSA) is 34.1 Å². The van der Waals surface area contributed by atoms with E-state index >= 15 is 0 Å². The van der Waals surface area contributed by atoms with Crippen LogP contribution in [-0.4, -0.2) is 30.4 Å². The van der Waals surface area contributed by atoms with E-state index in [1.807, 2.05) is 12.1 Å². The summed E-state index contributed by atoms with van der Waals surface area (Å²) < 4.78 is 6.50. The maximum Gasteiger partial charge on any atom is 0.213 e. The molecule has 0 saturated carbocycles. The third-order valence-corrected chi connectivity index (χ3v) is 2.93. The lowest BCUT2D eigenvalue weighted by molar-refractivity contribution is 0.293. The van der Waals surface area contributed by atoms with Crippen LogP contribution in [0.15, 0.2) is 22.8 Å². The van der Waals surface area contributed by atoms with Gasteiger partial charge in [0.2, 0.25) is 5.88 Å². The molecule has 0 spiro atoms. The predicted octanol–water partition coefficient (Wildman–Crippen LogP) is 2.91. The van der Waals surface area contributed by atoms with E-state index in [0.29, 0.717) is 5.88 Å². The minimum Gasteiger partial charge on any atom is -0.478 e. The summed E-state index contributed by atoms with van der Waals surface area (Å²) >= 11 is 7.47. The lowest BCUT2D eigenvalue weighted by atomic mass is 10.2. The summed E-state index contributed by atoms with van der Waals surface area (Å²) in [5.74, 6) is 1.60. The van der Waals surface area contributed by atoms with Gasteiger partial charge in [-0.05, 0) is 47.8 Å². The van der Waals surface area contributed by atoms with Gasteiger partial charge in [-0.2, -0.15) is 12.6 Å². The van der Waals surface area contributed by atoms with Crippen molar-refractivity contribution in [2.45, 2.75) is 19.3 Å². The molecule has 0 unspecified atom stereocenters. The number of ether oxygens (including phenoxy) is 1. The quantitative estimate of drug-likeness (QED) is 0.542. The maximum absolute atomic E-state index is 5.52. The van der Waals surface area contributed by atoms with Crippen LogP contribution in [0, 0.1) is 0 Å². The zero-order valence-corrected chi connectivity index (χ0v) is 12.3. The number of nitrogens with one attached hydrogen (secondary N) is 1. The van der Waals surface area contributed by atoms with Gasteiger partial charge in [0.05, 0.1) is 6.61 Å². The van der Waals surface area contributed by atoms with Crippen LogP contribution in [0.4, 0.5) is 0 Å². The van der Waals surface area contributed by atoms with E-state index < -0.39 is 0 Å². The average Bonchev–Trinajstić information content (AvgIpc) is 2.35. The van der Waals surface area contributed by atoms with Gasteiger partial charge in [0.25, 0.3) is 0 Å². The Morgan fingerprint density at radius 1 is 1.24 bits per heavy atom. The molecule has 0 atom stereocenters. The van der Waals surface area contributed by atoms with Crippen LogP contribution in [0.2, 0.25) is 0 Å². The normalized spacial score (nSPS) is 10.5. The first-order chi connectivity index (χ1) is 8.33. The Balaban J connectivity index is 1.95. The molecule has 0 saturated heterocycles. The second kappa shape index (κ2) is 9.74. The zero-order chi connectivity index (χ0) is 12.3. The summed E-state index contributed by atoms with van der Waals surface area (Å²) in [6, 6.07) is 3.81. The lowest BCUT2D eigenvalue weighted by Crippen LogP contribution is -2.17. The Kier molecular flexibility index (Phi) is 8.48. The molecule has 0 aliphatic heterocycles. The van der Waals surface area contributed by atoms with E-state index in [0.717, 1.165) is 36.3 Å². The van der Waals surface area contributed by atoms with Crippen LogP contribution in [0.25, 0.3) is 0 Å². The van der Waals surface area contributed by atoms with Gasteiger partial charge in [0, 0.05) is 29.0 Å². The third kappa shape index (κ3) is 7.63. The van der Waals surface area contributed by atoms with Crippen molar-refractivity contribution in [3.63, 3.8) is 0 Å². The van der Waals surface area contributed by atoms with Crippen LogP contribution in [-0.2, 0) is 0 Å². The van der Waals surface area contributed by atoms with Crippen molar-refractivity contribution in [3.8, 4) is 5.88 Å². The van der Waals surface area contributed by atoms with Gasteiger partial charge >= 0.3 is 0 Å². The molecule has 1 rings (SSSR count). The molecule has 0 amide bonds. The highest BCUT2D eigenvalue weighted by Gasteiger charge is 1.95. The monoisotopic (exact) mass is 318 g/mol. The van der Waals surface area contributed by atoms with E-state index in [-0.39, 0.29) is 0 Å². The fourth-order valence-corrected chi connectivity index (χ4v) is 1.75. The van der Waals surface area contributed by atoms with Crippen molar-refractivity contribution in [2.75, 3.05) is 25.4 Å². The standard InChI is InChI=1S/C12H19BrN2OS/c13-11-4-5-12(15-10-11)16-8-3-1-2-6-14-7-9-17/h4-5,10,14,17H,1-3,6-9H2. The van der Waals surface area contributed by atoms with Crippen molar-refractivity contribution in [2.24, 2.45) is 0 Å². The Morgan fingerprint density at radius 2 is 2.12 bits per heavy atom. The number of thiol groups is 1. The number of nitrogens with zero attached hydrogens (tertiary/aromatic N) is 1. The molecule has 17 heavy (non-hydrogen) atoms. The summed E-state index contributed by atoms with van der Waals surface area (Å²) in [6.07, 6.45) is 5.18. The summed E-state index contributed by atoms with van der Waals surface area (Å²) in [6.45, 7) is 2.79. The second-order valence-corrected chi connectivity index (χ2v) is 5.06. The van der Waals surface area contributed by atoms with Crippen LogP contribution < -0.4 is 10.1 Å². The third-order valence-electron chi connectivity index (χ3n) is 2.24. The van der Waals surface area contributed by atoms with E-state index in [4.69, 9.17) is 4.74 Å². The van der Waals surface area contributed by atoms with E-state index in [9.17, 15) is 0 Å². The Labute approximate surface area is 117 Å². The van der Waals surface area contributed by atoms with Crippen LogP contribution in [0.3, 0.4) is 0 Å². The molecule has 1 heterocycles. The SMILES string of the molecule is SCCNCCCCCOc1ccc(Br)cn1. The van der Waals surface area contributed by atoms with Crippen LogP contribution >= 0.6 is 28.6 Å². The Morgan fingerprint density at radius 3 is 2.82 bits per heavy atom. The molecule has 5 heteroatoms. The molecule has 1 aromatic rings. The average molecular weight is 319 g/mol. The van der Waals surface area contributed by atoms with Gasteiger partial charge in [-0.3, -0.25) is 0 Å². The highest BCUT2D eigenvalue weighted by atomic mass is 79.9. The maximum atomic E-state index is 5.52. The smallest absolute Gasteiger partial charge is 0.213 e. The van der Waals surface area contributed by atoms with Gasteiger partial charge in [0.1, 0.15) is 0 Å². The number of hydrogen-bond acceptors (Lipinski definition) is 4. The number of pyridine rings is 1. The van der Waals surface area contributed by atoms with E-state index in [2.05, 4.69) is 38.9 Å². The molecule has 0 bridgehead atoms. The summed E-state index contributed by atoms with van der Waals surface area (Å²) in [5, 5.41) is 3.32. The molecule has 1 aromatic heterocycles. The number of halogens is 1. The van der Waals surface area contributed by atoms with Crippen molar-refractivity contribution in [1.29, 1.82) is 0 Å². The molecule has 96 valence electrons. The fourth-order valence-electron chi connectivity index (χ4n) is 1.36. The summed E-state index contributed by atoms with van der Waals surface area (Å²) in [7, 11) is 0. The van der Waals surface area contributed by atoms with E-state index in [1.54, 1.807) is 6.20 Å². The molecular weight excluding hydrogens is 300 g/mol. The molecule has 0 fully saturated rings. The molecular formula is C12H19BrN2OS. The molecule has 0 aliphatic carbocycles. The van der Waals surface area contributed by atoms with Crippen molar-refractivity contribution < 1.29 is 4.74 Å². The first-order valence-corrected chi connectivity index (χ1v) is 7.31. The molecule has 0 aliphatic rings. The predicted molar refractivity (Wildman–Crippen MR) is 78.0 cm³/mol. The second-order valence-electron chi connectivity index (χ2n) is 3.70. The first kappa shape index (κ1) is 14.8. The van der Waals surface area contributed by atoms with Crippen LogP contribution in [0.1, 0.15) is 19.3 Å². The van der Waals surface area contributed by atoms with Gasteiger partial charge < -0.3 is 10.1 Å². The van der Waals surface area contributed by atoms with Crippen molar-refractivity contribution in [3.05, 3.63) is 22.8 Å². The van der Waals surface area contributed by atoms with E-state index in [1.165, 1.54) is 12.8 Å². The Hall–Kier alpha value is -0.260. The molecule has 0 radical (unpaired) electrons. The first-order valence-electron chi connectivity index (χ1n) is 5.89. The highest BCUT2D eigenvalue weighted by molar-refractivity contribution is 9.10. The van der Waals surface area contributed by atoms with Crippen molar-refractivity contribution in [1.82, 2.24) is 10.3 Å².